The number of unbranched alkanes of at least 4 members (excludes halogenated alkanes) is 4. The molecule has 4 aromatic rings. The van der Waals surface area contributed by atoms with Gasteiger partial charge in [0.2, 0.25) is 0 Å². The molecular formula is C52H68N2O2. The van der Waals surface area contributed by atoms with E-state index in [1.54, 1.807) is 0 Å². The van der Waals surface area contributed by atoms with Gasteiger partial charge in [-0.25, -0.2) is 0 Å². The molecule has 0 N–H and O–H groups in total. The second-order valence-corrected chi connectivity index (χ2v) is 15.7. The lowest BCUT2D eigenvalue weighted by Gasteiger charge is -2.25. The van der Waals surface area contributed by atoms with Crippen LogP contribution < -0.4 is 9.80 Å². The first-order chi connectivity index (χ1) is 27.1. The van der Waals surface area contributed by atoms with E-state index < -0.39 is 0 Å². The number of rotatable bonds is 24. The van der Waals surface area contributed by atoms with E-state index in [0.29, 0.717) is 0 Å². The Kier molecular flexibility index (Phi) is 18.4. The molecule has 4 nitrogen and oxygen atoms in total. The second-order valence-electron chi connectivity index (χ2n) is 15.7. The van der Waals surface area contributed by atoms with Gasteiger partial charge in [0.15, 0.2) is 0 Å². The summed E-state index contributed by atoms with van der Waals surface area (Å²) in [5.41, 5.74) is 11.5. The van der Waals surface area contributed by atoms with Crippen molar-refractivity contribution in [2.75, 3.05) is 36.0 Å². The number of Topliss-reactive ketones (excluding diaryl/α,β-unsaturated/α-hetero) is 2. The van der Waals surface area contributed by atoms with Crippen molar-refractivity contribution in [3.05, 3.63) is 143 Å². The number of nitrogens with zero attached hydrogens (tertiary/aromatic N) is 2. The topological polar surface area (TPSA) is 40.6 Å². The molecule has 0 saturated heterocycles. The molecule has 56 heavy (non-hydrogen) atoms. The molecule has 0 spiro atoms. The third-order valence-electron chi connectivity index (χ3n) is 10.6. The fraction of sp³-hybridized carbons (Fsp3) is 0.423. The number of benzene rings is 4. The van der Waals surface area contributed by atoms with Crippen LogP contribution in [0.3, 0.4) is 0 Å². The zero-order valence-electron chi connectivity index (χ0n) is 35.6. The molecule has 0 aromatic heterocycles. The number of hydrogen-bond acceptors (Lipinski definition) is 4. The van der Waals surface area contributed by atoms with Gasteiger partial charge in [0.25, 0.3) is 0 Å². The van der Waals surface area contributed by atoms with Crippen molar-refractivity contribution in [1.29, 1.82) is 0 Å². The highest BCUT2D eigenvalue weighted by Gasteiger charge is 2.18. The van der Waals surface area contributed by atoms with Gasteiger partial charge in [-0.2, -0.15) is 0 Å². The fourth-order valence-electron chi connectivity index (χ4n) is 7.23. The number of ketones is 2. The van der Waals surface area contributed by atoms with Crippen LogP contribution in [0.25, 0.3) is 11.1 Å². The predicted octanol–water partition coefficient (Wildman–Crippen LogP) is 13.2. The van der Waals surface area contributed by atoms with Gasteiger partial charge in [-0.3, -0.25) is 9.59 Å². The minimum absolute atomic E-state index is 0.0443. The molecule has 0 atom stereocenters. The van der Waals surface area contributed by atoms with Crippen molar-refractivity contribution in [3.8, 4) is 0 Å². The summed E-state index contributed by atoms with van der Waals surface area (Å²) in [6, 6.07) is 35.4. The van der Waals surface area contributed by atoms with Crippen molar-refractivity contribution in [2.45, 2.75) is 113 Å². The van der Waals surface area contributed by atoms with Crippen LogP contribution in [0.5, 0.6) is 0 Å². The number of anilines is 2. The van der Waals surface area contributed by atoms with Crippen molar-refractivity contribution < 1.29 is 9.59 Å². The van der Waals surface area contributed by atoms with E-state index in [-0.39, 0.29) is 30.3 Å². The number of carbonyl (C=O) groups excluding carboxylic acids is 2. The van der Waals surface area contributed by atoms with Crippen LogP contribution in [0.2, 0.25) is 0 Å². The predicted molar refractivity (Wildman–Crippen MR) is 242 cm³/mol. The fourth-order valence-corrected chi connectivity index (χ4v) is 7.23. The van der Waals surface area contributed by atoms with E-state index in [0.717, 1.165) is 59.6 Å². The van der Waals surface area contributed by atoms with Crippen LogP contribution in [0.15, 0.2) is 109 Å². The van der Waals surface area contributed by atoms with Crippen molar-refractivity contribution in [2.24, 2.45) is 5.92 Å². The minimum atomic E-state index is -0.259. The summed E-state index contributed by atoms with van der Waals surface area (Å²) in [6.07, 6.45) is 14.1. The molecule has 0 amide bonds. The zero-order chi connectivity index (χ0) is 40.3. The largest absolute Gasteiger partial charge is 0.372 e. The Labute approximate surface area is 339 Å². The molecule has 0 heterocycles. The Hall–Kier alpha value is -4.70. The molecule has 0 aliphatic carbocycles. The van der Waals surface area contributed by atoms with E-state index in [4.69, 9.17) is 0 Å². The summed E-state index contributed by atoms with van der Waals surface area (Å²) in [5.74, 6) is -0.404. The molecule has 298 valence electrons. The van der Waals surface area contributed by atoms with Crippen LogP contribution in [-0.2, 0) is 9.59 Å². The standard InChI is InChI=1S/C52H68N2O2/c1-8-12-32-53(33-13-9-2)48-28-24-46(25-29-48)51(44-20-16-40(5)17-21-44)38-43(37-50(56)36-42(7)55)39-52(45-22-18-41(6)19-23-45)47-26-30-49(31-27-47)54(34-14-10-3)35-15-11-4/h16-31,38-39,43H,8-15,32-37H2,1-7H3/b51-38-,52-39-. The van der Waals surface area contributed by atoms with Crippen LogP contribution in [0.1, 0.15) is 132 Å². The lowest BCUT2D eigenvalue weighted by atomic mass is 9.87. The maximum atomic E-state index is 13.6. The van der Waals surface area contributed by atoms with Gasteiger partial charge >= 0.3 is 0 Å². The molecule has 4 heteroatoms. The van der Waals surface area contributed by atoms with Gasteiger partial charge in [0.1, 0.15) is 11.6 Å². The van der Waals surface area contributed by atoms with Crippen LogP contribution in [0, 0.1) is 19.8 Å². The van der Waals surface area contributed by atoms with Crippen molar-refractivity contribution >= 4 is 34.1 Å². The summed E-state index contributed by atoms with van der Waals surface area (Å²) in [6.45, 7) is 19.0. The molecular weight excluding hydrogens is 685 g/mol. The second kappa shape index (κ2) is 23.4. The maximum Gasteiger partial charge on any atom is 0.141 e. The molecule has 0 fully saturated rings. The highest BCUT2D eigenvalue weighted by Crippen LogP contribution is 2.33. The summed E-state index contributed by atoms with van der Waals surface area (Å²) < 4.78 is 0. The first-order valence-corrected chi connectivity index (χ1v) is 21.4. The van der Waals surface area contributed by atoms with Gasteiger partial charge in [-0.05, 0) is 104 Å². The highest BCUT2D eigenvalue weighted by atomic mass is 16.1. The van der Waals surface area contributed by atoms with Crippen molar-refractivity contribution in [3.63, 3.8) is 0 Å². The third-order valence-corrected chi connectivity index (χ3v) is 10.6. The molecule has 0 bridgehead atoms. The first kappa shape index (κ1) is 44.0. The Morgan fingerprint density at radius 3 is 1.09 bits per heavy atom. The molecule has 0 unspecified atom stereocenters. The SMILES string of the molecule is CCCCN(CCCC)c1ccc(/C(=C\C(/C=C(/c2ccc(C)cc2)c2ccc(N(CCCC)CCCC)cc2)CC(=O)CC(C)=O)c2ccc(C)cc2)cc1. The number of hydrogen-bond donors (Lipinski definition) is 0. The van der Waals surface area contributed by atoms with Gasteiger partial charge < -0.3 is 9.80 Å². The van der Waals surface area contributed by atoms with Gasteiger partial charge in [-0.1, -0.05) is 149 Å². The maximum absolute atomic E-state index is 13.6. The summed E-state index contributed by atoms with van der Waals surface area (Å²) in [4.78, 5) is 30.8. The minimum Gasteiger partial charge on any atom is -0.372 e. The van der Waals surface area contributed by atoms with Crippen LogP contribution in [0.4, 0.5) is 11.4 Å². The average Bonchev–Trinajstić information content (AvgIpc) is 3.20. The number of carbonyl (C=O) groups is 2. The molecule has 0 aliphatic heterocycles. The van der Waals surface area contributed by atoms with Crippen molar-refractivity contribution in [1.82, 2.24) is 0 Å². The summed E-state index contributed by atoms with van der Waals surface area (Å²) >= 11 is 0. The third kappa shape index (κ3) is 13.8. The van der Waals surface area contributed by atoms with E-state index >= 15 is 0 Å². The van der Waals surface area contributed by atoms with E-state index in [2.05, 4.69) is 161 Å². The number of allylic oxidation sites excluding steroid dienone is 2. The van der Waals surface area contributed by atoms with Gasteiger partial charge in [0.05, 0.1) is 6.42 Å². The molecule has 4 rings (SSSR count). The molecule has 4 aromatic carbocycles. The van der Waals surface area contributed by atoms with Gasteiger partial charge in [0, 0.05) is 49.9 Å². The van der Waals surface area contributed by atoms with Crippen LogP contribution in [-0.4, -0.2) is 37.7 Å². The highest BCUT2D eigenvalue weighted by molar-refractivity contribution is 5.98. The zero-order valence-corrected chi connectivity index (χ0v) is 35.6. The lowest BCUT2D eigenvalue weighted by molar-refractivity contribution is -0.126. The van der Waals surface area contributed by atoms with Gasteiger partial charge in [-0.15, -0.1) is 0 Å². The smallest absolute Gasteiger partial charge is 0.141 e. The molecule has 0 aliphatic rings. The Morgan fingerprint density at radius 2 is 0.804 bits per heavy atom. The van der Waals surface area contributed by atoms with E-state index in [1.165, 1.54) is 80.8 Å². The summed E-state index contributed by atoms with van der Waals surface area (Å²) in [7, 11) is 0. The lowest BCUT2D eigenvalue weighted by Crippen LogP contribution is -2.25. The molecule has 0 saturated carbocycles. The van der Waals surface area contributed by atoms with E-state index in [1.807, 2.05) is 0 Å². The average molecular weight is 753 g/mol. The van der Waals surface area contributed by atoms with Crippen LogP contribution >= 0.6 is 0 Å². The monoisotopic (exact) mass is 753 g/mol. The van der Waals surface area contributed by atoms with E-state index in [9.17, 15) is 9.59 Å². The quantitative estimate of drug-likeness (QED) is 0.0668. The normalized spacial score (nSPS) is 12.4. The summed E-state index contributed by atoms with van der Waals surface area (Å²) in [5, 5.41) is 0. The number of aryl methyl sites for hydroxylation is 2. The Balaban J connectivity index is 1.88. The Morgan fingerprint density at radius 1 is 0.500 bits per heavy atom. The molecule has 0 radical (unpaired) electrons. The Bertz CT molecular complexity index is 1690. The first-order valence-electron chi connectivity index (χ1n) is 21.4.